The monoisotopic (exact) mass is 168 g/mol. The van der Waals surface area contributed by atoms with Crippen molar-refractivity contribution >= 4 is 17.0 Å². The second-order valence-corrected chi connectivity index (χ2v) is 3.00. The molecule has 0 saturated heterocycles. The van der Waals surface area contributed by atoms with Gasteiger partial charge in [0.2, 0.25) is 0 Å². The molecule has 0 atom stereocenters. The summed E-state index contributed by atoms with van der Waals surface area (Å²) in [4.78, 5) is 4.26. The highest BCUT2D eigenvalue weighted by molar-refractivity contribution is 5.81. The van der Waals surface area contributed by atoms with Crippen molar-refractivity contribution in [2.45, 2.75) is 0 Å². The second-order valence-electron chi connectivity index (χ2n) is 3.00. The van der Waals surface area contributed by atoms with Gasteiger partial charge in [0.25, 0.3) is 0 Å². The molecule has 0 saturated carbocycles. The van der Waals surface area contributed by atoms with E-state index in [-0.39, 0.29) is 0 Å². The molecule has 0 aliphatic rings. The van der Waals surface area contributed by atoms with Crippen LogP contribution in [0.15, 0.2) is 37.0 Å². The third-order valence-electron chi connectivity index (χ3n) is 2.00. The van der Waals surface area contributed by atoms with Crippen LogP contribution < -0.4 is 0 Å². The first-order chi connectivity index (χ1) is 6.29. The van der Waals surface area contributed by atoms with Gasteiger partial charge < -0.3 is 0 Å². The molecule has 2 aromatic rings. The van der Waals surface area contributed by atoms with Crippen LogP contribution in [0.2, 0.25) is 0 Å². The van der Waals surface area contributed by atoms with Gasteiger partial charge in [-0.25, -0.2) is 0 Å². The van der Waals surface area contributed by atoms with Gasteiger partial charge in [-0.05, 0) is 36.2 Å². The van der Waals surface area contributed by atoms with Gasteiger partial charge in [0.15, 0.2) is 0 Å². The SMILES string of the molecule is [CH2]c1cnc2ccc(C=C)cc2c1. The lowest BCUT2D eigenvalue weighted by atomic mass is 10.1. The highest BCUT2D eigenvalue weighted by Crippen LogP contribution is 2.15. The van der Waals surface area contributed by atoms with Crippen molar-refractivity contribution < 1.29 is 0 Å². The van der Waals surface area contributed by atoms with Crippen LogP contribution in [0.5, 0.6) is 0 Å². The number of pyridine rings is 1. The fourth-order valence-corrected chi connectivity index (χ4v) is 1.32. The number of rotatable bonds is 1. The summed E-state index contributed by atoms with van der Waals surface area (Å²) >= 11 is 0. The molecule has 1 radical (unpaired) electrons. The van der Waals surface area contributed by atoms with Crippen molar-refractivity contribution in [2.75, 3.05) is 0 Å². The van der Waals surface area contributed by atoms with Crippen LogP contribution in [0.1, 0.15) is 11.1 Å². The van der Waals surface area contributed by atoms with E-state index in [0.29, 0.717) is 0 Å². The fraction of sp³-hybridized carbons (Fsp3) is 0. The van der Waals surface area contributed by atoms with Gasteiger partial charge in [0.05, 0.1) is 5.52 Å². The molecule has 1 nitrogen and oxygen atoms in total. The zero-order valence-corrected chi connectivity index (χ0v) is 7.33. The summed E-state index contributed by atoms with van der Waals surface area (Å²) < 4.78 is 0. The fourth-order valence-electron chi connectivity index (χ4n) is 1.32. The van der Waals surface area contributed by atoms with E-state index >= 15 is 0 Å². The molecule has 2 rings (SSSR count). The predicted octanol–water partition coefficient (Wildman–Crippen LogP) is 3.06. The van der Waals surface area contributed by atoms with Gasteiger partial charge in [0, 0.05) is 11.6 Å². The topological polar surface area (TPSA) is 12.9 Å². The van der Waals surface area contributed by atoms with Gasteiger partial charge in [-0.15, -0.1) is 0 Å². The van der Waals surface area contributed by atoms with E-state index in [2.05, 4.69) is 24.6 Å². The first-order valence-electron chi connectivity index (χ1n) is 4.14. The van der Waals surface area contributed by atoms with Crippen molar-refractivity contribution in [3.8, 4) is 0 Å². The van der Waals surface area contributed by atoms with Crippen LogP contribution in [0, 0.1) is 6.92 Å². The second kappa shape index (κ2) is 3.02. The zero-order valence-electron chi connectivity index (χ0n) is 7.33. The number of aromatic nitrogens is 1. The smallest absolute Gasteiger partial charge is 0.0702 e. The lowest BCUT2D eigenvalue weighted by Gasteiger charge is -1.99. The molecule has 0 aliphatic carbocycles. The van der Waals surface area contributed by atoms with Gasteiger partial charge in [0.1, 0.15) is 0 Å². The van der Waals surface area contributed by atoms with Crippen molar-refractivity contribution in [1.29, 1.82) is 0 Å². The summed E-state index contributed by atoms with van der Waals surface area (Å²) in [6, 6.07) is 8.08. The highest BCUT2D eigenvalue weighted by atomic mass is 14.6. The maximum atomic E-state index is 4.26. The minimum Gasteiger partial charge on any atom is -0.256 e. The van der Waals surface area contributed by atoms with E-state index in [9.17, 15) is 0 Å². The first-order valence-corrected chi connectivity index (χ1v) is 4.14. The molecule has 1 heterocycles. The van der Waals surface area contributed by atoms with Crippen LogP contribution in [-0.4, -0.2) is 4.98 Å². The Bertz CT molecular complexity index is 458. The Balaban J connectivity index is 2.74. The minimum atomic E-state index is 0.939. The maximum absolute atomic E-state index is 4.26. The molecule has 1 aromatic carbocycles. The van der Waals surface area contributed by atoms with E-state index in [1.807, 2.05) is 24.3 Å². The predicted molar refractivity (Wildman–Crippen MR) is 56.3 cm³/mol. The lowest BCUT2D eigenvalue weighted by molar-refractivity contribution is 1.38. The number of fused-ring (bicyclic) bond motifs is 1. The number of hydrogen-bond donors (Lipinski definition) is 0. The molecule has 0 amide bonds. The lowest BCUT2D eigenvalue weighted by Crippen LogP contribution is -1.81. The molecule has 0 fully saturated rings. The molecule has 13 heavy (non-hydrogen) atoms. The molecule has 0 aliphatic heterocycles. The van der Waals surface area contributed by atoms with Gasteiger partial charge in [-0.2, -0.15) is 0 Å². The molecule has 63 valence electrons. The van der Waals surface area contributed by atoms with Crippen LogP contribution in [0.25, 0.3) is 17.0 Å². The number of nitrogens with zero attached hydrogens (tertiary/aromatic N) is 1. The Morgan fingerprint density at radius 3 is 2.85 bits per heavy atom. The quantitative estimate of drug-likeness (QED) is 0.637. The van der Waals surface area contributed by atoms with Crippen LogP contribution in [-0.2, 0) is 0 Å². The maximum Gasteiger partial charge on any atom is 0.0702 e. The van der Waals surface area contributed by atoms with E-state index < -0.39 is 0 Å². The Kier molecular flexibility index (Phi) is 1.85. The van der Waals surface area contributed by atoms with Crippen molar-refractivity contribution in [3.05, 3.63) is 55.1 Å². The van der Waals surface area contributed by atoms with E-state index in [0.717, 1.165) is 22.0 Å². The summed E-state index contributed by atoms with van der Waals surface area (Å²) in [7, 11) is 0. The molecule has 1 aromatic heterocycles. The third-order valence-corrected chi connectivity index (χ3v) is 2.00. The van der Waals surface area contributed by atoms with E-state index in [1.54, 1.807) is 6.20 Å². The van der Waals surface area contributed by atoms with Crippen LogP contribution >= 0.6 is 0 Å². The van der Waals surface area contributed by atoms with Gasteiger partial charge >= 0.3 is 0 Å². The first kappa shape index (κ1) is 7.99. The molecule has 0 spiro atoms. The molecule has 1 heteroatoms. The van der Waals surface area contributed by atoms with Crippen molar-refractivity contribution in [2.24, 2.45) is 0 Å². The summed E-state index contributed by atoms with van der Waals surface area (Å²) in [6.07, 6.45) is 3.60. The standard InChI is InChI=1S/C12H10N/c1-3-10-4-5-12-11(7-10)6-9(2)8-13-12/h3-8H,1-2H2. The summed E-state index contributed by atoms with van der Waals surface area (Å²) in [6.45, 7) is 7.56. The van der Waals surface area contributed by atoms with E-state index in [4.69, 9.17) is 0 Å². The molecule has 0 unspecified atom stereocenters. The Hall–Kier alpha value is -1.63. The third kappa shape index (κ3) is 1.45. The van der Waals surface area contributed by atoms with Gasteiger partial charge in [-0.1, -0.05) is 18.7 Å². The molecule has 0 bridgehead atoms. The Morgan fingerprint density at radius 1 is 1.23 bits per heavy atom. The minimum absolute atomic E-state index is 0.939. The normalized spacial score (nSPS) is 10.2. The zero-order chi connectivity index (χ0) is 9.26. The largest absolute Gasteiger partial charge is 0.256 e. The van der Waals surface area contributed by atoms with Crippen molar-refractivity contribution in [3.63, 3.8) is 0 Å². The average molecular weight is 168 g/mol. The number of hydrogen-bond acceptors (Lipinski definition) is 1. The summed E-state index contributed by atoms with van der Waals surface area (Å²) in [5.74, 6) is 0. The van der Waals surface area contributed by atoms with Crippen molar-refractivity contribution in [1.82, 2.24) is 4.98 Å². The van der Waals surface area contributed by atoms with Crippen LogP contribution in [0.4, 0.5) is 0 Å². The molecule has 0 N–H and O–H groups in total. The van der Waals surface area contributed by atoms with E-state index in [1.165, 1.54) is 0 Å². The van der Waals surface area contributed by atoms with Crippen LogP contribution in [0.3, 0.4) is 0 Å². The Labute approximate surface area is 77.7 Å². The molecular formula is C12H10N. The number of benzene rings is 1. The average Bonchev–Trinajstić information content (AvgIpc) is 2.16. The Morgan fingerprint density at radius 2 is 2.08 bits per heavy atom. The highest BCUT2D eigenvalue weighted by Gasteiger charge is 1.95. The summed E-state index contributed by atoms with van der Waals surface area (Å²) in [5, 5.41) is 1.12. The summed E-state index contributed by atoms with van der Waals surface area (Å²) in [5.41, 5.74) is 3.05. The molecular weight excluding hydrogens is 158 g/mol. The van der Waals surface area contributed by atoms with Gasteiger partial charge in [-0.3, -0.25) is 4.98 Å².